The molecule has 0 aliphatic carbocycles. The molecule has 2 N–H and O–H groups in total. The first-order valence-corrected chi connectivity index (χ1v) is 7.74. The van der Waals surface area contributed by atoms with Crippen molar-refractivity contribution in [3.05, 3.63) is 29.3 Å². The Morgan fingerprint density at radius 3 is 2.91 bits per heavy atom. The molecular weight excluding hydrogens is 300 g/mol. The molecule has 1 amide bonds. The van der Waals surface area contributed by atoms with Gasteiger partial charge >= 0.3 is 0 Å². The van der Waals surface area contributed by atoms with E-state index in [2.05, 4.69) is 29.7 Å². The van der Waals surface area contributed by atoms with Crippen LogP contribution in [0.2, 0.25) is 0 Å². The lowest BCUT2D eigenvalue weighted by atomic mass is 9.92. The van der Waals surface area contributed by atoms with Gasteiger partial charge in [-0.25, -0.2) is 0 Å². The molecule has 2 atom stereocenters. The van der Waals surface area contributed by atoms with Crippen molar-refractivity contribution >= 4 is 18.3 Å². The number of hydrogen-bond donors (Lipinski definition) is 2. The van der Waals surface area contributed by atoms with E-state index in [9.17, 15) is 4.79 Å². The minimum atomic E-state index is 0. The summed E-state index contributed by atoms with van der Waals surface area (Å²) < 4.78 is 5.33. The summed E-state index contributed by atoms with van der Waals surface area (Å²) in [6, 6.07) is 6.64. The van der Waals surface area contributed by atoms with Gasteiger partial charge in [0.2, 0.25) is 5.91 Å². The van der Waals surface area contributed by atoms with E-state index in [4.69, 9.17) is 4.74 Å². The van der Waals surface area contributed by atoms with Crippen molar-refractivity contribution in [2.75, 3.05) is 20.2 Å². The van der Waals surface area contributed by atoms with Crippen LogP contribution in [0, 0.1) is 12.8 Å². The van der Waals surface area contributed by atoms with Crippen LogP contribution in [0.25, 0.3) is 0 Å². The van der Waals surface area contributed by atoms with E-state index >= 15 is 0 Å². The molecule has 0 aromatic heterocycles. The first kappa shape index (κ1) is 18.8. The molecule has 124 valence electrons. The predicted molar refractivity (Wildman–Crippen MR) is 91.9 cm³/mol. The number of halogens is 1. The maximum atomic E-state index is 12.1. The number of amides is 1. The maximum Gasteiger partial charge on any atom is 0.223 e. The number of carbonyl (C=O) groups is 1. The van der Waals surface area contributed by atoms with Crippen molar-refractivity contribution in [2.24, 2.45) is 5.92 Å². The summed E-state index contributed by atoms with van der Waals surface area (Å²) in [5.41, 5.74) is 2.32. The summed E-state index contributed by atoms with van der Waals surface area (Å²) in [7, 11) is 1.69. The number of aryl methyl sites for hydroxylation is 1. The van der Waals surface area contributed by atoms with Gasteiger partial charge < -0.3 is 15.4 Å². The van der Waals surface area contributed by atoms with E-state index in [0.29, 0.717) is 12.6 Å². The predicted octanol–water partition coefficient (Wildman–Crippen LogP) is 2.47. The normalized spacial score (nSPS) is 20.9. The Morgan fingerprint density at radius 2 is 2.23 bits per heavy atom. The van der Waals surface area contributed by atoms with Crippen molar-refractivity contribution in [3.63, 3.8) is 0 Å². The molecule has 22 heavy (non-hydrogen) atoms. The second-order valence-corrected chi connectivity index (χ2v) is 5.92. The molecule has 1 saturated heterocycles. The Morgan fingerprint density at radius 1 is 1.45 bits per heavy atom. The molecule has 1 aliphatic rings. The van der Waals surface area contributed by atoms with Crippen LogP contribution in [0.4, 0.5) is 0 Å². The fourth-order valence-corrected chi connectivity index (χ4v) is 2.86. The van der Waals surface area contributed by atoms with Gasteiger partial charge in [-0.15, -0.1) is 12.4 Å². The van der Waals surface area contributed by atoms with Crippen LogP contribution < -0.4 is 15.4 Å². The van der Waals surface area contributed by atoms with Crippen LogP contribution >= 0.6 is 12.4 Å². The first-order chi connectivity index (χ1) is 10.1. The summed E-state index contributed by atoms with van der Waals surface area (Å²) in [5, 5.41) is 6.44. The fourth-order valence-electron chi connectivity index (χ4n) is 2.86. The monoisotopic (exact) mass is 326 g/mol. The lowest BCUT2D eigenvalue weighted by molar-refractivity contribution is -0.126. The molecular formula is C17H27ClN2O2. The lowest BCUT2D eigenvalue weighted by Gasteiger charge is -2.27. The van der Waals surface area contributed by atoms with Crippen LogP contribution in [0.1, 0.15) is 30.9 Å². The standard InChI is InChI=1S/C17H26N2O2.ClH/c1-12-4-5-14(11-16(12)21-3)6-8-19-17(20)15-7-9-18-13(2)10-15;/h4-5,11,13,15,18H,6-10H2,1-3H3,(H,19,20);1H/t13-,15-;/m0./s1. The number of nitrogens with one attached hydrogen (secondary N) is 2. The van der Waals surface area contributed by atoms with Crippen molar-refractivity contribution in [3.8, 4) is 5.75 Å². The van der Waals surface area contributed by atoms with Crippen molar-refractivity contribution in [1.82, 2.24) is 10.6 Å². The average Bonchev–Trinajstić information content (AvgIpc) is 2.48. The molecule has 1 aliphatic heterocycles. The summed E-state index contributed by atoms with van der Waals surface area (Å²) in [6.07, 6.45) is 2.71. The highest BCUT2D eigenvalue weighted by atomic mass is 35.5. The second-order valence-electron chi connectivity index (χ2n) is 5.92. The number of hydrogen-bond acceptors (Lipinski definition) is 3. The molecule has 0 spiro atoms. The number of ether oxygens (including phenoxy) is 1. The van der Waals surface area contributed by atoms with Crippen LogP contribution in [-0.2, 0) is 11.2 Å². The fraction of sp³-hybridized carbons (Fsp3) is 0.588. The summed E-state index contributed by atoms with van der Waals surface area (Å²) in [4.78, 5) is 12.1. The Labute approximate surface area is 139 Å². The Kier molecular flexibility index (Phi) is 7.69. The van der Waals surface area contributed by atoms with Gasteiger partial charge in [-0.3, -0.25) is 4.79 Å². The highest BCUT2D eigenvalue weighted by molar-refractivity contribution is 5.85. The molecule has 2 rings (SSSR count). The minimum Gasteiger partial charge on any atom is -0.496 e. The maximum absolute atomic E-state index is 12.1. The van der Waals surface area contributed by atoms with Gasteiger partial charge in [0.25, 0.3) is 0 Å². The SMILES string of the molecule is COc1cc(CCNC(=O)[C@H]2CCN[C@@H](C)C2)ccc1C.Cl. The summed E-state index contributed by atoms with van der Waals surface area (Å²) in [6.45, 7) is 5.79. The van der Waals surface area contributed by atoms with Gasteiger partial charge in [0.1, 0.15) is 5.75 Å². The second kappa shape index (κ2) is 9.01. The number of methoxy groups -OCH3 is 1. The van der Waals surface area contributed by atoms with Crippen molar-refractivity contribution in [2.45, 2.75) is 39.2 Å². The van der Waals surface area contributed by atoms with Crippen molar-refractivity contribution in [1.29, 1.82) is 0 Å². The Hall–Kier alpha value is -1.26. The number of rotatable bonds is 5. The van der Waals surface area contributed by atoms with E-state index < -0.39 is 0 Å². The molecule has 0 bridgehead atoms. The van der Waals surface area contributed by atoms with Gasteiger partial charge in [-0.2, -0.15) is 0 Å². The number of piperidine rings is 1. The topological polar surface area (TPSA) is 50.4 Å². The summed E-state index contributed by atoms with van der Waals surface area (Å²) >= 11 is 0. The first-order valence-electron chi connectivity index (χ1n) is 7.74. The Bertz CT molecular complexity index is 494. The molecule has 1 aromatic rings. The third-order valence-corrected chi connectivity index (χ3v) is 4.18. The van der Waals surface area contributed by atoms with E-state index in [1.807, 2.05) is 13.0 Å². The zero-order valence-electron chi connectivity index (χ0n) is 13.6. The van der Waals surface area contributed by atoms with E-state index in [1.165, 1.54) is 5.56 Å². The van der Waals surface area contributed by atoms with E-state index in [1.54, 1.807) is 7.11 Å². The van der Waals surface area contributed by atoms with Crippen LogP contribution in [-0.4, -0.2) is 32.1 Å². The lowest BCUT2D eigenvalue weighted by Crippen LogP contribution is -2.42. The molecule has 1 heterocycles. The van der Waals surface area contributed by atoms with Crippen LogP contribution in [0.15, 0.2) is 18.2 Å². The molecule has 0 radical (unpaired) electrons. The molecule has 1 fully saturated rings. The average molecular weight is 327 g/mol. The quantitative estimate of drug-likeness (QED) is 0.874. The number of carbonyl (C=O) groups excluding carboxylic acids is 1. The van der Waals surface area contributed by atoms with E-state index in [0.717, 1.165) is 37.1 Å². The highest BCUT2D eigenvalue weighted by Gasteiger charge is 2.24. The Balaban J connectivity index is 0.00000242. The van der Waals surface area contributed by atoms with Gasteiger partial charge in [-0.05, 0) is 56.8 Å². The molecule has 0 unspecified atom stereocenters. The van der Waals surface area contributed by atoms with Gasteiger partial charge in [0.15, 0.2) is 0 Å². The van der Waals surface area contributed by atoms with Gasteiger partial charge in [-0.1, -0.05) is 12.1 Å². The zero-order valence-corrected chi connectivity index (χ0v) is 14.5. The minimum absolute atomic E-state index is 0. The molecule has 4 nitrogen and oxygen atoms in total. The van der Waals surface area contributed by atoms with Crippen molar-refractivity contribution < 1.29 is 9.53 Å². The number of benzene rings is 1. The van der Waals surface area contributed by atoms with Gasteiger partial charge in [0.05, 0.1) is 7.11 Å². The molecule has 5 heteroatoms. The highest BCUT2D eigenvalue weighted by Crippen LogP contribution is 2.19. The van der Waals surface area contributed by atoms with Crippen LogP contribution in [0.3, 0.4) is 0 Å². The molecule has 0 saturated carbocycles. The largest absolute Gasteiger partial charge is 0.496 e. The third kappa shape index (κ3) is 5.18. The van der Waals surface area contributed by atoms with E-state index in [-0.39, 0.29) is 24.2 Å². The smallest absolute Gasteiger partial charge is 0.223 e. The van der Waals surface area contributed by atoms with Crippen LogP contribution in [0.5, 0.6) is 5.75 Å². The molecule has 1 aromatic carbocycles. The van der Waals surface area contributed by atoms with Gasteiger partial charge in [0, 0.05) is 18.5 Å². The third-order valence-electron chi connectivity index (χ3n) is 4.18. The zero-order chi connectivity index (χ0) is 15.2. The summed E-state index contributed by atoms with van der Waals surface area (Å²) in [5.74, 6) is 1.27.